The average molecular weight is 1080 g/mol. The first-order valence-corrected chi connectivity index (χ1v) is 28.1. The molecule has 9 rings (SSSR count). The number of alkyl halides is 2. The molecular formula is C57H73F2N11O6S. The summed E-state index contributed by atoms with van der Waals surface area (Å²) in [4.78, 5) is 78.9. The van der Waals surface area contributed by atoms with E-state index >= 15 is 0 Å². The zero-order valence-electron chi connectivity index (χ0n) is 45.1. The van der Waals surface area contributed by atoms with Gasteiger partial charge in [-0.25, -0.2) is 18.6 Å². The topological polar surface area (TPSA) is 200 Å². The number of nitrogens with one attached hydrogen (secondary N) is 3. The van der Waals surface area contributed by atoms with E-state index in [2.05, 4.69) is 35.6 Å². The summed E-state index contributed by atoms with van der Waals surface area (Å²) in [5.41, 5.74) is 8.71. The van der Waals surface area contributed by atoms with E-state index < -0.39 is 35.8 Å². The number of aromatic nitrogens is 5. The van der Waals surface area contributed by atoms with Crippen molar-refractivity contribution in [2.24, 2.45) is 24.3 Å². The van der Waals surface area contributed by atoms with Crippen molar-refractivity contribution in [1.29, 1.82) is 0 Å². The molecule has 3 aromatic heterocycles. The third-order valence-electron chi connectivity index (χ3n) is 16.0. The van der Waals surface area contributed by atoms with Crippen molar-refractivity contribution < 1.29 is 37.9 Å². The van der Waals surface area contributed by atoms with Gasteiger partial charge in [0.05, 0.1) is 52.9 Å². The second kappa shape index (κ2) is 23.6. The Hall–Kier alpha value is -6.54. The molecule has 412 valence electrons. The monoisotopic (exact) mass is 1080 g/mol. The predicted octanol–water partition coefficient (Wildman–Crippen LogP) is 8.35. The Labute approximate surface area is 453 Å². The van der Waals surface area contributed by atoms with Gasteiger partial charge in [-0.15, -0.1) is 11.3 Å². The lowest BCUT2D eigenvalue weighted by Gasteiger charge is -2.34. The van der Waals surface area contributed by atoms with E-state index in [4.69, 9.17) is 5.10 Å². The summed E-state index contributed by atoms with van der Waals surface area (Å²) >= 11 is 1.57. The maximum absolute atomic E-state index is 14.8. The summed E-state index contributed by atoms with van der Waals surface area (Å²) in [6, 6.07) is 10.3. The van der Waals surface area contributed by atoms with Gasteiger partial charge >= 0.3 is 6.03 Å². The maximum Gasteiger partial charge on any atom is 0.317 e. The minimum atomic E-state index is -2.71. The first-order valence-electron chi connectivity index (χ1n) is 27.2. The van der Waals surface area contributed by atoms with Crippen LogP contribution in [-0.2, 0) is 52.2 Å². The highest BCUT2D eigenvalue weighted by Gasteiger charge is 2.47. The van der Waals surface area contributed by atoms with Crippen molar-refractivity contribution in [3.05, 3.63) is 87.9 Å². The number of thiazole rings is 1. The number of fused-ring (bicyclic) bond motifs is 2. The third kappa shape index (κ3) is 12.3. The third-order valence-corrected chi connectivity index (χ3v) is 17.0. The molecule has 5 amide bonds. The number of ketones is 1. The Morgan fingerprint density at radius 3 is 2.32 bits per heavy atom. The van der Waals surface area contributed by atoms with Crippen molar-refractivity contribution >= 4 is 52.4 Å². The number of unbranched alkanes of at least 4 members (excludes halogenated alkanes) is 2. The summed E-state index contributed by atoms with van der Waals surface area (Å²) in [5.74, 6) is -1.56. The second-order valence-electron chi connectivity index (χ2n) is 22.4. The molecule has 3 aliphatic heterocycles. The van der Waals surface area contributed by atoms with Crippen LogP contribution in [0.1, 0.15) is 131 Å². The Balaban J connectivity index is 0.768. The van der Waals surface area contributed by atoms with E-state index in [-0.39, 0.29) is 66.9 Å². The number of nitrogens with zero attached hydrogens (tertiary/aromatic N) is 8. The van der Waals surface area contributed by atoms with Gasteiger partial charge in [-0.2, -0.15) is 10.2 Å². The number of halogens is 2. The lowest BCUT2D eigenvalue weighted by Crippen LogP contribution is -2.52. The molecule has 1 unspecified atom stereocenters. The normalized spacial score (nSPS) is 19.2. The molecule has 4 aliphatic rings. The van der Waals surface area contributed by atoms with Crippen LogP contribution in [0.4, 0.5) is 25.1 Å². The summed E-state index contributed by atoms with van der Waals surface area (Å²) < 4.78 is 33.3. The lowest BCUT2D eigenvalue weighted by atomic mass is 9.77. The SMILES string of the molecule is CNC(=O)N1CCc2c(c(N3CCCc4cc(-c5cnn(C)c5)c(C(F)F)cc43)nn2C2CCN(C(=O)CCCCCC(=O)N[C@H](C(=O)C3C[C@H](O)C[C@H]3C(=O)NCc3ccc(-c4scnc4C)cc3)C(C)(C)C)CC2)C1. The van der Waals surface area contributed by atoms with Crippen LogP contribution < -0.4 is 20.9 Å². The average Bonchev–Trinajstić information content (AvgIpc) is 4.25. The van der Waals surface area contributed by atoms with Crippen LogP contribution in [0.15, 0.2) is 54.3 Å². The highest BCUT2D eigenvalue weighted by atomic mass is 32.1. The number of aryl methyl sites for hydroxylation is 3. The molecule has 5 aromatic rings. The van der Waals surface area contributed by atoms with Crippen LogP contribution in [0, 0.1) is 24.2 Å². The molecule has 77 heavy (non-hydrogen) atoms. The summed E-state index contributed by atoms with van der Waals surface area (Å²) in [7, 11) is 3.37. The van der Waals surface area contributed by atoms with Gasteiger partial charge in [-0.05, 0) is 98.1 Å². The number of aliphatic hydroxyl groups is 1. The molecule has 0 spiro atoms. The Morgan fingerprint density at radius 1 is 0.909 bits per heavy atom. The molecule has 1 saturated heterocycles. The number of benzene rings is 2. The van der Waals surface area contributed by atoms with Crippen molar-refractivity contribution in [3.8, 4) is 21.6 Å². The van der Waals surface area contributed by atoms with E-state index in [0.717, 1.165) is 51.4 Å². The van der Waals surface area contributed by atoms with Gasteiger partial charge in [0.25, 0.3) is 6.43 Å². The smallest absolute Gasteiger partial charge is 0.317 e. The minimum Gasteiger partial charge on any atom is -0.393 e. The second-order valence-corrected chi connectivity index (χ2v) is 23.3. The van der Waals surface area contributed by atoms with Crippen molar-refractivity contribution in [2.45, 2.75) is 142 Å². The number of hydrogen-bond donors (Lipinski definition) is 4. The number of carbonyl (C=O) groups excluding carboxylic acids is 5. The molecule has 1 aliphatic carbocycles. The fourth-order valence-electron chi connectivity index (χ4n) is 11.8. The number of urea groups is 1. The molecule has 0 bridgehead atoms. The van der Waals surface area contributed by atoms with Crippen molar-refractivity contribution in [1.82, 2.24) is 50.3 Å². The molecule has 6 heterocycles. The zero-order valence-corrected chi connectivity index (χ0v) is 45.9. The molecule has 0 radical (unpaired) electrons. The number of aliphatic hydroxyl groups excluding tert-OH is 1. The van der Waals surface area contributed by atoms with Crippen molar-refractivity contribution in [2.75, 3.05) is 38.1 Å². The van der Waals surface area contributed by atoms with Gasteiger partial charge in [0.15, 0.2) is 11.6 Å². The van der Waals surface area contributed by atoms with Gasteiger partial charge in [0, 0.05) is 106 Å². The first kappa shape index (κ1) is 55.2. The van der Waals surface area contributed by atoms with E-state index in [1.807, 2.05) is 68.4 Å². The Morgan fingerprint density at radius 2 is 1.65 bits per heavy atom. The summed E-state index contributed by atoms with van der Waals surface area (Å²) in [6.45, 7) is 10.4. The number of amides is 5. The molecule has 20 heteroatoms. The molecule has 17 nitrogen and oxygen atoms in total. The fraction of sp³-hybridized carbons (Fsp3) is 0.544. The van der Waals surface area contributed by atoms with Crippen molar-refractivity contribution in [3.63, 3.8) is 0 Å². The number of rotatable bonds is 17. The van der Waals surface area contributed by atoms with Gasteiger partial charge in [0.2, 0.25) is 17.7 Å². The fourth-order valence-corrected chi connectivity index (χ4v) is 12.7. The highest BCUT2D eigenvalue weighted by molar-refractivity contribution is 7.13. The van der Waals surface area contributed by atoms with Crippen LogP contribution in [0.2, 0.25) is 0 Å². The Kier molecular flexibility index (Phi) is 16.9. The first-order chi connectivity index (χ1) is 36.9. The highest BCUT2D eigenvalue weighted by Crippen LogP contribution is 2.44. The zero-order chi connectivity index (χ0) is 54.7. The molecule has 4 N–H and O–H groups in total. The number of carbonyl (C=O) groups is 5. The quantitative estimate of drug-likeness (QED) is 0.0657. The van der Waals surface area contributed by atoms with Crippen LogP contribution in [-0.4, -0.2) is 114 Å². The van der Waals surface area contributed by atoms with E-state index in [0.29, 0.717) is 100 Å². The Bertz CT molecular complexity index is 2960. The van der Waals surface area contributed by atoms with Gasteiger partial charge in [0.1, 0.15) is 0 Å². The molecule has 2 fully saturated rings. The molecule has 4 atom stereocenters. The van der Waals surface area contributed by atoms with Gasteiger partial charge in [-0.3, -0.25) is 28.5 Å². The van der Waals surface area contributed by atoms with E-state index in [1.54, 1.807) is 53.5 Å². The number of anilines is 2. The summed E-state index contributed by atoms with van der Waals surface area (Å²) in [6.07, 6.45) is 5.92. The molecule has 1 saturated carbocycles. The number of likely N-dealkylation sites (tertiary alicyclic amines) is 1. The predicted molar refractivity (Wildman–Crippen MR) is 290 cm³/mol. The van der Waals surface area contributed by atoms with Crippen LogP contribution in [0.5, 0.6) is 0 Å². The minimum absolute atomic E-state index is 0.000462. The van der Waals surface area contributed by atoms with Crippen LogP contribution in [0.25, 0.3) is 21.6 Å². The largest absolute Gasteiger partial charge is 0.393 e. The number of piperidine rings is 1. The van der Waals surface area contributed by atoms with Crippen LogP contribution in [0.3, 0.4) is 0 Å². The standard InChI is InChI=1S/C57H73F2N11O6S/c1-34-51(77-33-62-34)36-16-14-35(15-17-36)29-61-55(75)44-27-40(71)26-42(44)50(74)52(57(2,3)4)64-48(72)12-8-7-9-13-49(73)67-22-18-39(19-23-67)70-46-20-24-68(56(76)60-5)32-45(46)54(65-70)69-21-10-11-37-25-41(38-30-63-66(6)31-38)43(53(58)59)28-47(37)69/h14-17,25,28,30-31,33,39-40,42,44,52-53,71H,7-13,18-24,26-27,29,32H2,1-6H3,(H,60,76)(H,61,75)(H,64,72)/t40-,42?,44+,52+/m0/s1. The molecule has 2 aromatic carbocycles. The van der Waals surface area contributed by atoms with E-state index in [9.17, 15) is 37.9 Å². The van der Waals surface area contributed by atoms with Crippen LogP contribution >= 0.6 is 11.3 Å². The maximum atomic E-state index is 14.8. The van der Waals surface area contributed by atoms with E-state index in [1.165, 1.54) is 0 Å². The lowest BCUT2D eigenvalue weighted by molar-refractivity contribution is -0.137. The number of hydrogen-bond acceptors (Lipinski definition) is 11. The van der Waals surface area contributed by atoms with Gasteiger partial charge < -0.3 is 35.8 Å². The van der Waals surface area contributed by atoms with Gasteiger partial charge in [-0.1, -0.05) is 51.5 Å². The number of Topliss-reactive ketones (excluding diaryl/α,β-unsaturated/α-hetero) is 1. The molecular weight excluding hydrogens is 1000 g/mol. The summed E-state index contributed by atoms with van der Waals surface area (Å²) in [5, 5.41) is 28.9.